The van der Waals surface area contributed by atoms with Gasteiger partial charge in [-0.1, -0.05) is 311 Å². The maximum absolute atomic E-state index is 13.0. The number of phosphoric ester groups is 2. The van der Waals surface area contributed by atoms with Crippen molar-refractivity contribution in [3.63, 3.8) is 0 Å². The highest BCUT2D eigenvalue weighted by Gasteiger charge is 2.30. The third-order valence-electron chi connectivity index (χ3n) is 16.3. The van der Waals surface area contributed by atoms with E-state index >= 15 is 0 Å². The molecule has 0 fully saturated rings. The zero-order chi connectivity index (χ0) is 65.6. The molecule has 0 aromatic carbocycles. The minimum absolute atomic E-state index is 0.103. The number of esters is 4. The predicted octanol–water partition coefficient (Wildman–Crippen LogP) is 20.1. The second-order valence-corrected chi connectivity index (χ2v) is 28.7. The Hall–Kier alpha value is -1.94. The monoisotopic (exact) mass is 1310 g/mol. The Morgan fingerprint density at radius 3 is 0.764 bits per heavy atom. The summed E-state index contributed by atoms with van der Waals surface area (Å²) < 4.78 is 68.0. The molecule has 0 saturated carbocycles. The minimum atomic E-state index is -4.95. The number of aliphatic hydroxyl groups is 1. The molecule has 0 spiro atoms. The number of unbranched alkanes of at least 4 members (excludes halogenated alkanes) is 42. The summed E-state index contributed by atoms with van der Waals surface area (Å²) in [6.45, 7) is 7.09. The van der Waals surface area contributed by atoms with Crippen molar-refractivity contribution in [2.24, 2.45) is 5.92 Å². The van der Waals surface area contributed by atoms with Gasteiger partial charge >= 0.3 is 39.5 Å². The normalized spacial score (nSPS) is 14.1. The van der Waals surface area contributed by atoms with E-state index in [-0.39, 0.29) is 25.7 Å². The molecule has 19 heteroatoms. The molecule has 89 heavy (non-hydrogen) atoms. The highest BCUT2D eigenvalue weighted by Crippen LogP contribution is 2.45. The summed E-state index contributed by atoms with van der Waals surface area (Å²) in [5.74, 6) is -1.44. The molecule has 0 aliphatic heterocycles. The Morgan fingerprint density at radius 2 is 0.517 bits per heavy atom. The Balaban J connectivity index is 5.10. The molecule has 528 valence electrons. The Morgan fingerprint density at radius 1 is 0.303 bits per heavy atom. The van der Waals surface area contributed by atoms with E-state index in [0.29, 0.717) is 31.6 Å². The van der Waals surface area contributed by atoms with Gasteiger partial charge in [0.25, 0.3) is 0 Å². The molecule has 0 aliphatic carbocycles. The van der Waals surface area contributed by atoms with Gasteiger partial charge in [0.1, 0.15) is 19.3 Å². The van der Waals surface area contributed by atoms with Crippen molar-refractivity contribution in [3.05, 3.63) is 0 Å². The summed E-state index contributed by atoms with van der Waals surface area (Å²) >= 11 is 0. The Bertz CT molecular complexity index is 1720. The van der Waals surface area contributed by atoms with Gasteiger partial charge in [-0.15, -0.1) is 0 Å². The summed E-state index contributed by atoms with van der Waals surface area (Å²) in [6, 6.07) is 0. The number of hydrogen-bond acceptors (Lipinski definition) is 15. The highest BCUT2D eigenvalue weighted by atomic mass is 31.2. The molecular formula is C70H136O17P2. The van der Waals surface area contributed by atoms with Crippen LogP contribution in [0.1, 0.15) is 362 Å². The van der Waals surface area contributed by atoms with Gasteiger partial charge in [-0.05, 0) is 31.6 Å². The van der Waals surface area contributed by atoms with Gasteiger partial charge in [-0.2, -0.15) is 0 Å². The van der Waals surface area contributed by atoms with Crippen LogP contribution >= 0.6 is 15.6 Å². The summed E-state index contributed by atoms with van der Waals surface area (Å²) in [5.41, 5.74) is 0. The molecule has 5 atom stereocenters. The van der Waals surface area contributed by atoms with Crippen molar-refractivity contribution in [2.75, 3.05) is 39.6 Å². The SMILES string of the molecule is CCCCCCCCCCCCCCCCCCCCCCCC(=O)O[C@H](COC(=O)CCCCCCCCCCCCCCC)COP(=O)(O)OC[C@@H](O)COP(=O)(O)OC[C@@H](COC(=O)CCCCCCC)OC(=O)CCCCCCCCCC(C)C. The molecule has 0 aliphatic rings. The zero-order valence-electron chi connectivity index (χ0n) is 57.6. The van der Waals surface area contributed by atoms with E-state index in [9.17, 15) is 43.2 Å². The second kappa shape index (κ2) is 63.5. The summed E-state index contributed by atoms with van der Waals surface area (Å²) in [4.78, 5) is 72.2. The molecule has 0 radical (unpaired) electrons. The number of rotatable bonds is 70. The van der Waals surface area contributed by atoms with E-state index < -0.39 is 97.5 Å². The van der Waals surface area contributed by atoms with Crippen LogP contribution in [-0.4, -0.2) is 96.7 Å². The van der Waals surface area contributed by atoms with Gasteiger partial charge in [0.15, 0.2) is 12.2 Å². The summed E-state index contributed by atoms with van der Waals surface area (Å²) in [5, 5.41) is 10.5. The van der Waals surface area contributed by atoms with Gasteiger partial charge in [-0.3, -0.25) is 37.3 Å². The van der Waals surface area contributed by atoms with E-state index in [2.05, 4.69) is 34.6 Å². The molecule has 0 aromatic heterocycles. The average Bonchev–Trinajstić information content (AvgIpc) is 3.52. The summed E-state index contributed by atoms with van der Waals surface area (Å²) in [7, 11) is -9.89. The van der Waals surface area contributed by atoms with Crippen LogP contribution in [0.2, 0.25) is 0 Å². The van der Waals surface area contributed by atoms with Gasteiger partial charge in [-0.25, -0.2) is 9.13 Å². The maximum Gasteiger partial charge on any atom is 0.472 e. The quantitative estimate of drug-likeness (QED) is 0.0222. The van der Waals surface area contributed by atoms with Crippen molar-refractivity contribution < 1.29 is 80.2 Å². The van der Waals surface area contributed by atoms with E-state index in [1.165, 1.54) is 180 Å². The van der Waals surface area contributed by atoms with Crippen LogP contribution in [0.4, 0.5) is 0 Å². The molecule has 0 bridgehead atoms. The molecule has 2 unspecified atom stereocenters. The Kier molecular flexibility index (Phi) is 62.1. The van der Waals surface area contributed by atoms with Crippen molar-refractivity contribution in [2.45, 2.75) is 380 Å². The lowest BCUT2D eigenvalue weighted by molar-refractivity contribution is -0.161. The second-order valence-electron chi connectivity index (χ2n) is 25.7. The number of ether oxygens (including phenoxy) is 4. The highest BCUT2D eigenvalue weighted by molar-refractivity contribution is 7.47. The predicted molar refractivity (Wildman–Crippen MR) is 358 cm³/mol. The molecule has 0 aromatic rings. The lowest BCUT2D eigenvalue weighted by atomic mass is 10.0. The van der Waals surface area contributed by atoms with Crippen molar-refractivity contribution in [1.82, 2.24) is 0 Å². The number of carbonyl (C=O) groups excluding carboxylic acids is 4. The number of phosphoric acid groups is 2. The Labute approximate surface area is 543 Å². The van der Waals surface area contributed by atoms with E-state index in [1.54, 1.807) is 0 Å². The smallest absolute Gasteiger partial charge is 0.462 e. The first-order valence-corrected chi connectivity index (χ1v) is 39.6. The van der Waals surface area contributed by atoms with Gasteiger partial charge in [0.2, 0.25) is 0 Å². The van der Waals surface area contributed by atoms with Crippen LogP contribution in [0.5, 0.6) is 0 Å². The van der Waals surface area contributed by atoms with Gasteiger partial charge in [0, 0.05) is 25.7 Å². The topological polar surface area (TPSA) is 237 Å². The fraction of sp³-hybridized carbons (Fsp3) is 0.943. The van der Waals surface area contributed by atoms with E-state index in [1.807, 2.05) is 0 Å². The minimum Gasteiger partial charge on any atom is -0.462 e. The third-order valence-corrected chi connectivity index (χ3v) is 18.2. The van der Waals surface area contributed by atoms with Gasteiger partial charge < -0.3 is 33.8 Å². The molecule has 0 saturated heterocycles. The standard InChI is InChI=1S/C70H136O17P2/c1-6-9-12-15-17-19-21-23-24-25-26-27-28-29-30-32-34-36-40-45-50-55-69(74)87-66(60-81-68(73)54-49-44-39-35-33-31-22-20-18-16-13-10-7-2)62-85-89(78,79)83-58-64(71)57-82-88(76,77)84-61-65(59-80-67(72)53-48-42-14-11-8-3)86-70(75)56-51-46-41-37-38-43-47-52-63(4)5/h63-66,71H,6-62H2,1-5H3,(H,76,77)(H,78,79)/t64-,65+,66+/m0/s1. The number of carbonyl (C=O) groups is 4. The van der Waals surface area contributed by atoms with Crippen LogP contribution < -0.4 is 0 Å². The first kappa shape index (κ1) is 87.1. The number of hydrogen-bond donors (Lipinski definition) is 3. The molecule has 0 heterocycles. The van der Waals surface area contributed by atoms with Crippen molar-refractivity contribution >= 4 is 39.5 Å². The van der Waals surface area contributed by atoms with Crippen molar-refractivity contribution in [3.8, 4) is 0 Å². The van der Waals surface area contributed by atoms with Crippen LogP contribution in [0.25, 0.3) is 0 Å². The van der Waals surface area contributed by atoms with Gasteiger partial charge in [0.05, 0.1) is 26.4 Å². The van der Waals surface area contributed by atoms with Crippen LogP contribution in [0, 0.1) is 5.92 Å². The molecule has 17 nitrogen and oxygen atoms in total. The summed E-state index contributed by atoms with van der Waals surface area (Å²) in [6.07, 6.45) is 50.6. The lowest BCUT2D eigenvalue weighted by Crippen LogP contribution is -2.30. The number of aliphatic hydroxyl groups excluding tert-OH is 1. The van der Waals surface area contributed by atoms with Crippen LogP contribution in [0.15, 0.2) is 0 Å². The molecule has 3 N–H and O–H groups in total. The van der Waals surface area contributed by atoms with E-state index in [0.717, 1.165) is 96.3 Å². The fourth-order valence-electron chi connectivity index (χ4n) is 10.6. The van der Waals surface area contributed by atoms with E-state index in [4.69, 9.17) is 37.0 Å². The van der Waals surface area contributed by atoms with Crippen LogP contribution in [0.3, 0.4) is 0 Å². The first-order valence-electron chi connectivity index (χ1n) is 36.6. The lowest BCUT2D eigenvalue weighted by Gasteiger charge is -2.21. The molecule has 0 amide bonds. The largest absolute Gasteiger partial charge is 0.472 e. The van der Waals surface area contributed by atoms with Crippen molar-refractivity contribution in [1.29, 1.82) is 0 Å². The maximum atomic E-state index is 13.0. The first-order chi connectivity index (χ1) is 43.0. The third kappa shape index (κ3) is 64.6. The fourth-order valence-corrected chi connectivity index (χ4v) is 12.2. The average molecular weight is 1310 g/mol. The zero-order valence-corrected chi connectivity index (χ0v) is 59.4. The van der Waals surface area contributed by atoms with Crippen LogP contribution in [-0.2, 0) is 65.4 Å². The molecule has 0 rings (SSSR count). The molecular weight excluding hydrogens is 1170 g/mol.